The highest BCUT2D eigenvalue weighted by atomic mass is 79.9. The van der Waals surface area contributed by atoms with Gasteiger partial charge >= 0.3 is 0 Å². The van der Waals surface area contributed by atoms with E-state index in [9.17, 15) is 4.79 Å². The predicted octanol–water partition coefficient (Wildman–Crippen LogP) is 2.88. The Kier molecular flexibility index (Phi) is 7.18. The van der Waals surface area contributed by atoms with Crippen LogP contribution in [0.2, 0.25) is 0 Å². The Morgan fingerprint density at radius 1 is 1.33 bits per heavy atom. The van der Waals surface area contributed by atoms with Gasteiger partial charge in [-0.05, 0) is 49.9 Å². The Morgan fingerprint density at radius 3 is 2.57 bits per heavy atom. The molecule has 2 atom stereocenters. The monoisotopic (exact) mass is 356 g/mol. The van der Waals surface area contributed by atoms with Crippen molar-refractivity contribution in [1.29, 1.82) is 0 Å². The van der Waals surface area contributed by atoms with Crippen LogP contribution in [0.25, 0.3) is 0 Å². The van der Waals surface area contributed by atoms with Gasteiger partial charge in [-0.1, -0.05) is 29.8 Å². The van der Waals surface area contributed by atoms with Gasteiger partial charge in [-0.15, -0.1) is 0 Å². The zero-order valence-corrected chi connectivity index (χ0v) is 14.7. The zero-order chi connectivity index (χ0) is 16.0. The molecule has 0 bridgehead atoms. The zero-order valence-electron chi connectivity index (χ0n) is 13.2. The molecule has 0 heterocycles. The summed E-state index contributed by atoms with van der Waals surface area (Å²) in [6.45, 7) is 8.47. The first-order chi connectivity index (χ1) is 9.79. The van der Waals surface area contributed by atoms with E-state index in [1.165, 1.54) is 0 Å². The molecular formula is C16H25BrN2O2. The first kappa shape index (κ1) is 18.0. The fourth-order valence-electron chi connectivity index (χ4n) is 1.86. The molecule has 0 spiro atoms. The number of hydrogen-bond donors (Lipinski definition) is 2. The van der Waals surface area contributed by atoms with Crippen molar-refractivity contribution in [3.63, 3.8) is 0 Å². The minimum absolute atomic E-state index is 0.0340. The van der Waals surface area contributed by atoms with E-state index in [0.717, 1.165) is 10.0 Å². The summed E-state index contributed by atoms with van der Waals surface area (Å²) < 4.78 is 6.78. The van der Waals surface area contributed by atoms with Crippen molar-refractivity contribution in [2.24, 2.45) is 11.7 Å². The van der Waals surface area contributed by atoms with E-state index in [1.54, 1.807) is 6.92 Å². The maximum absolute atomic E-state index is 12.0. The van der Waals surface area contributed by atoms with Crippen LogP contribution in [0.1, 0.15) is 33.3 Å². The molecule has 2 unspecified atom stereocenters. The van der Waals surface area contributed by atoms with Gasteiger partial charge in [0.25, 0.3) is 5.91 Å². The number of nitrogens with one attached hydrogen (secondary N) is 1. The summed E-state index contributed by atoms with van der Waals surface area (Å²) in [5.41, 5.74) is 6.87. The van der Waals surface area contributed by atoms with Crippen molar-refractivity contribution in [2.75, 3.05) is 6.54 Å². The Bertz CT molecular complexity index is 475. The van der Waals surface area contributed by atoms with Crippen LogP contribution in [-0.4, -0.2) is 24.6 Å². The summed E-state index contributed by atoms with van der Waals surface area (Å²) in [6, 6.07) is 5.79. The molecule has 1 aromatic rings. The maximum Gasteiger partial charge on any atom is 0.260 e. The summed E-state index contributed by atoms with van der Waals surface area (Å²) in [6.07, 6.45) is 0.173. The number of hydrogen-bond acceptors (Lipinski definition) is 3. The van der Waals surface area contributed by atoms with Crippen LogP contribution < -0.4 is 15.8 Å². The first-order valence-corrected chi connectivity index (χ1v) is 8.07. The molecule has 0 aromatic heterocycles. The Labute approximate surface area is 135 Å². The fourth-order valence-corrected chi connectivity index (χ4v) is 2.27. The Hall–Kier alpha value is -1.07. The van der Waals surface area contributed by atoms with E-state index in [0.29, 0.717) is 24.6 Å². The molecule has 0 fully saturated rings. The molecule has 118 valence electrons. The van der Waals surface area contributed by atoms with Crippen molar-refractivity contribution in [3.8, 4) is 5.75 Å². The van der Waals surface area contributed by atoms with E-state index in [2.05, 4.69) is 35.1 Å². The summed E-state index contributed by atoms with van der Waals surface area (Å²) in [7, 11) is 0. The van der Waals surface area contributed by atoms with Crippen LogP contribution in [-0.2, 0) is 11.2 Å². The van der Waals surface area contributed by atoms with Crippen LogP contribution >= 0.6 is 15.9 Å². The molecule has 0 aliphatic carbocycles. The van der Waals surface area contributed by atoms with Crippen molar-refractivity contribution in [2.45, 2.75) is 46.3 Å². The van der Waals surface area contributed by atoms with Gasteiger partial charge in [-0.3, -0.25) is 4.79 Å². The highest BCUT2D eigenvalue weighted by Crippen LogP contribution is 2.25. The summed E-state index contributed by atoms with van der Waals surface area (Å²) in [5.74, 6) is 1.03. The molecule has 4 nitrogen and oxygen atoms in total. The number of halogens is 1. The smallest absolute Gasteiger partial charge is 0.260 e. The lowest BCUT2D eigenvalue weighted by atomic mass is 10.1. The molecule has 1 amide bonds. The molecule has 5 heteroatoms. The van der Waals surface area contributed by atoms with E-state index in [-0.39, 0.29) is 11.9 Å². The minimum atomic E-state index is -0.531. The molecule has 0 radical (unpaired) electrons. The molecule has 3 N–H and O–H groups in total. The number of benzene rings is 1. The van der Waals surface area contributed by atoms with Crippen LogP contribution in [0, 0.1) is 5.92 Å². The highest BCUT2D eigenvalue weighted by Gasteiger charge is 2.17. The normalized spacial score (nSPS) is 13.9. The van der Waals surface area contributed by atoms with Gasteiger partial charge < -0.3 is 15.8 Å². The van der Waals surface area contributed by atoms with E-state index < -0.39 is 6.10 Å². The van der Waals surface area contributed by atoms with E-state index in [4.69, 9.17) is 10.5 Å². The second kappa shape index (κ2) is 8.39. The summed E-state index contributed by atoms with van der Waals surface area (Å²) in [5, 5.41) is 2.88. The molecular weight excluding hydrogens is 332 g/mol. The third-order valence-corrected chi connectivity index (χ3v) is 3.42. The third kappa shape index (κ3) is 6.48. The number of nitrogens with two attached hydrogens (primary N) is 1. The van der Waals surface area contributed by atoms with E-state index in [1.807, 2.05) is 25.1 Å². The molecule has 0 aliphatic heterocycles. The maximum atomic E-state index is 12.0. The first-order valence-electron chi connectivity index (χ1n) is 7.28. The number of rotatable bonds is 7. The van der Waals surface area contributed by atoms with Crippen molar-refractivity contribution >= 4 is 21.8 Å². The molecule has 0 saturated carbocycles. The number of carbonyl (C=O) groups is 1. The highest BCUT2D eigenvalue weighted by molar-refractivity contribution is 9.10. The Morgan fingerprint density at radius 2 is 2.00 bits per heavy atom. The van der Waals surface area contributed by atoms with Gasteiger partial charge in [0.05, 0.1) is 0 Å². The lowest BCUT2D eigenvalue weighted by molar-refractivity contribution is -0.127. The number of ether oxygens (including phenoxy) is 1. The average Bonchev–Trinajstić information content (AvgIpc) is 2.38. The summed E-state index contributed by atoms with van der Waals surface area (Å²) in [4.78, 5) is 12.0. The van der Waals surface area contributed by atoms with Gasteiger partial charge in [0.15, 0.2) is 6.10 Å². The lowest BCUT2D eigenvalue weighted by Gasteiger charge is -2.19. The van der Waals surface area contributed by atoms with Crippen molar-refractivity contribution in [3.05, 3.63) is 28.2 Å². The SMILES string of the molecule is CC(C)CNC(=O)C(C)Oc1ccc(Br)cc1CC(C)N. The Balaban J connectivity index is 2.74. The topological polar surface area (TPSA) is 64.3 Å². The average molecular weight is 357 g/mol. The van der Waals surface area contributed by atoms with Crippen molar-refractivity contribution < 1.29 is 9.53 Å². The molecule has 0 aliphatic rings. The fraction of sp³-hybridized carbons (Fsp3) is 0.562. The van der Waals surface area contributed by atoms with Gasteiger partial charge in [0.2, 0.25) is 0 Å². The number of amides is 1. The van der Waals surface area contributed by atoms with Crippen molar-refractivity contribution in [1.82, 2.24) is 5.32 Å². The summed E-state index contributed by atoms with van der Waals surface area (Å²) >= 11 is 3.45. The number of carbonyl (C=O) groups excluding carboxylic acids is 1. The van der Waals surface area contributed by atoms with Crippen LogP contribution in [0.15, 0.2) is 22.7 Å². The van der Waals surface area contributed by atoms with Gasteiger partial charge in [-0.2, -0.15) is 0 Å². The van der Waals surface area contributed by atoms with Crippen LogP contribution in [0.4, 0.5) is 0 Å². The van der Waals surface area contributed by atoms with Gasteiger partial charge in [0.1, 0.15) is 5.75 Å². The standard InChI is InChI=1S/C16H25BrN2O2/c1-10(2)9-19-16(20)12(4)21-15-6-5-14(17)8-13(15)7-11(3)18/h5-6,8,10-12H,7,9,18H2,1-4H3,(H,19,20). The lowest BCUT2D eigenvalue weighted by Crippen LogP contribution is -2.38. The molecule has 1 aromatic carbocycles. The molecule has 1 rings (SSSR count). The third-order valence-electron chi connectivity index (χ3n) is 2.92. The largest absolute Gasteiger partial charge is 0.481 e. The second-order valence-corrected chi connectivity index (χ2v) is 6.75. The van der Waals surface area contributed by atoms with Crippen LogP contribution in [0.5, 0.6) is 5.75 Å². The quantitative estimate of drug-likeness (QED) is 0.789. The van der Waals surface area contributed by atoms with Gasteiger partial charge in [0, 0.05) is 17.1 Å². The van der Waals surface area contributed by atoms with Gasteiger partial charge in [-0.25, -0.2) is 0 Å². The predicted molar refractivity (Wildman–Crippen MR) is 89.4 cm³/mol. The van der Waals surface area contributed by atoms with Crippen LogP contribution in [0.3, 0.4) is 0 Å². The minimum Gasteiger partial charge on any atom is -0.481 e. The van der Waals surface area contributed by atoms with E-state index >= 15 is 0 Å². The molecule has 0 saturated heterocycles. The second-order valence-electron chi connectivity index (χ2n) is 5.83. The molecule has 21 heavy (non-hydrogen) atoms.